The average Bonchev–Trinajstić information content (AvgIpc) is 2.38. The number of carbonyl (C=O) groups is 1. The molecule has 0 unspecified atom stereocenters. The molecular weight excluding hydrogens is 232 g/mol. The molecule has 0 atom stereocenters. The summed E-state index contributed by atoms with van der Waals surface area (Å²) in [5.74, 6) is 0.818. The van der Waals surface area contributed by atoms with Crippen molar-refractivity contribution in [3.05, 3.63) is 29.8 Å². The lowest BCUT2D eigenvalue weighted by molar-refractivity contribution is 0.152. The smallest absolute Gasteiger partial charge is 0.427 e. The Morgan fingerprint density at radius 2 is 2.00 bits per heavy atom. The van der Waals surface area contributed by atoms with Gasteiger partial charge in [-0.2, -0.15) is 5.10 Å². The number of ether oxygens (including phenoxy) is 2. The molecule has 5 heteroatoms. The second-order valence-electron chi connectivity index (χ2n) is 3.70. The Morgan fingerprint density at radius 3 is 2.56 bits per heavy atom. The standard InChI is InChI=1S/C13H18N2O3/c1-4-18-13(16)15-14-10(2)9-11-5-7-12(17-3)8-6-11/h5-8H,4,9H2,1-3H3,(H,15,16)/b14-10-. The minimum absolute atomic E-state index is 0.332. The van der Waals surface area contributed by atoms with Crippen LogP contribution in [0.15, 0.2) is 29.4 Å². The molecule has 0 bridgehead atoms. The van der Waals surface area contributed by atoms with E-state index in [2.05, 4.69) is 10.5 Å². The minimum atomic E-state index is -0.536. The van der Waals surface area contributed by atoms with Crippen LogP contribution in [-0.4, -0.2) is 25.5 Å². The highest BCUT2D eigenvalue weighted by Crippen LogP contribution is 2.11. The van der Waals surface area contributed by atoms with E-state index in [0.717, 1.165) is 17.0 Å². The maximum atomic E-state index is 11.0. The number of benzene rings is 1. The molecule has 98 valence electrons. The van der Waals surface area contributed by atoms with Crippen molar-refractivity contribution < 1.29 is 14.3 Å². The number of hydrogen-bond acceptors (Lipinski definition) is 4. The van der Waals surface area contributed by atoms with Gasteiger partial charge in [0, 0.05) is 12.1 Å². The van der Waals surface area contributed by atoms with E-state index in [1.165, 1.54) is 0 Å². The maximum Gasteiger partial charge on any atom is 0.427 e. The normalized spacial score (nSPS) is 10.9. The quantitative estimate of drug-likeness (QED) is 0.644. The Morgan fingerprint density at radius 1 is 1.33 bits per heavy atom. The maximum absolute atomic E-state index is 11.0. The van der Waals surface area contributed by atoms with Gasteiger partial charge in [-0.15, -0.1) is 0 Å². The van der Waals surface area contributed by atoms with Gasteiger partial charge in [-0.25, -0.2) is 10.2 Å². The summed E-state index contributed by atoms with van der Waals surface area (Å²) < 4.78 is 9.78. The molecule has 0 aliphatic heterocycles. The van der Waals surface area contributed by atoms with Crippen molar-refractivity contribution in [1.82, 2.24) is 5.43 Å². The van der Waals surface area contributed by atoms with Crippen molar-refractivity contribution in [2.45, 2.75) is 20.3 Å². The van der Waals surface area contributed by atoms with E-state index < -0.39 is 6.09 Å². The van der Waals surface area contributed by atoms with Crippen molar-refractivity contribution in [3.8, 4) is 5.75 Å². The zero-order valence-corrected chi connectivity index (χ0v) is 10.9. The molecule has 1 aromatic carbocycles. The predicted octanol–water partition coefficient (Wildman–Crippen LogP) is 2.36. The minimum Gasteiger partial charge on any atom is -0.497 e. The van der Waals surface area contributed by atoms with Gasteiger partial charge >= 0.3 is 6.09 Å². The first-order valence-corrected chi connectivity index (χ1v) is 5.74. The number of carbonyl (C=O) groups excluding carboxylic acids is 1. The van der Waals surface area contributed by atoms with E-state index in [1.807, 2.05) is 31.2 Å². The lowest BCUT2D eigenvalue weighted by Crippen LogP contribution is -2.20. The summed E-state index contributed by atoms with van der Waals surface area (Å²) in [5.41, 5.74) is 4.23. The summed E-state index contributed by atoms with van der Waals surface area (Å²) in [6.45, 7) is 3.92. The second kappa shape index (κ2) is 7.32. The number of amides is 1. The van der Waals surface area contributed by atoms with Gasteiger partial charge in [0.1, 0.15) is 5.75 Å². The van der Waals surface area contributed by atoms with Crippen LogP contribution >= 0.6 is 0 Å². The van der Waals surface area contributed by atoms with Crippen LogP contribution in [0.3, 0.4) is 0 Å². The molecule has 1 amide bonds. The number of hydrazone groups is 1. The fourth-order valence-electron chi connectivity index (χ4n) is 1.38. The van der Waals surface area contributed by atoms with Gasteiger partial charge in [-0.3, -0.25) is 0 Å². The summed E-state index contributed by atoms with van der Waals surface area (Å²) in [5, 5.41) is 3.94. The van der Waals surface area contributed by atoms with Crippen molar-refractivity contribution in [3.63, 3.8) is 0 Å². The molecule has 0 saturated carbocycles. The molecule has 0 radical (unpaired) electrons. The van der Waals surface area contributed by atoms with Crippen LogP contribution in [0.4, 0.5) is 4.79 Å². The van der Waals surface area contributed by atoms with Crippen LogP contribution in [0.25, 0.3) is 0 Å². The number of nitrogens with one attached hydrogen (secondary N) is 1. The molecule has 0 aromatic heterocycles. The molecule has 0 saturated heterocycles. The molecule has 5 nitrogen and oxygen atoms in total. The van der Waals surface area contributed by atoms with Crippen LogP contribution in [0.1, 0.15) is 19.4 Å². The molecule has 0 aliphatic carbocycles. The van der Waals surface area contributed by atoms with Crippen molar-refractivity contribution in [2.75, 3.05) is 13.7 Å². The van der Waals surface area contributed by atoms with Crippen molar-refractivity contribution in [2.24, 2.45) is 5.10 Å². The highest BCUT2D eigenvalue weighted by Gasteiger charge is 2.00. The van der Waals surface area contributed by atoms with Gasteiger partial charge in [0.15, 0.2) is 0 Å². The number of nitrogens with zero attached hydrogens (tertiary/aromatic N) is 1. The van der Waals surface area contributed by atoms with Crippen LogP contribution < -0.4 is 10.2 Å². The van der Waals surface area contributed by atoms with E-state index in [-0.39, 0.29) is 0 Å². The number of hydrogen-bond donors (Lipinski definition) is 1. The van der Waals surface area contributed by atoms with E-state index >= 15 is 0 Å². The van der Waals surface area contributed by atoms with Crippen LogP contribution in [0, 0.1) is 0 Å². The van der Waals surface area contributed by atoms with Gasteiger partial charge in [0.05, 0.1) is 13.7 Å². The number of methoxy groups -OCH3 is 1. The van der Waals surface area contributed by atoms with Crippen LogP contribution in [0.5, 0.6) is 5.75 Å². The summed E-state index contributed by atoms with van der Waals surface area (Å²) in [6, 6.07) is 7.70. The van der Waals surface area contributed by atoms with E-state index in [1.54, 1.807) is 14.0 Å². The molecule has 1 rings (SSSR count). The molecule has 18 heavy (non-hydrogen) atoms. The molecule has 0 fully saturated rings. The molecule has 0 spiro atoms. The van der Waals surface area contributed by atoms with E-state index in [0.29, 0.717) is 13.0 Å². The third kappa shape index (κ3) is 4.86. The first-order chi connectivity index (χ1) is 8.65. The molecule has 0 aliphatic rings. The summed E-state index contributed by atoms with van der Waals surface area (Å²) in [4.78, 5) is 11.0. The monoisotopic (exact) mass is 250 g/mol. The number of rotatable bonds is 5. The van der Waals surface area contributed by atoms with Gasteiger partial charge in [-0.05, 0) is 31.5 Å². The Balaban J connectivity index is 2.49. The lowest BCUT2D eigenvalue weighted by Gasteiger charge is -2.04. The topological polar surface area (TPSA) is 59.9 Å². The van der Waals surface area contributed by atoms with E-state index in [4.69, 9.17) is 9.47 Å². The first-order valence-electron chi connectivity index (χ1n) is 5.74. The lowest BCUT2D eigenvalue weighted by atomic mass is 10.1. The Hall–Kier alpha value is -2.04. The molecule has 0 heterocycles. The summed E-state index contributed by atoms with van der Waals surface area (Å²) in [7, 11) is 1.63. The van der Waals surface area contributed by atoms with Gasteiger partial charge in [0.2, 0.25) is 0 Å². The van der Waals surface area contributed by atoms with Crippen LogP contribution in [-0.2, 0) is 11.2 Å². The highest BCUT2D eigenvalue weighted by atomic mass is 16.5. The second-order valence-corrected chi connectivity index (χ2v) is 3.70. The van der Waals surface area contributed by atoms with Crippen molar-refractivity contribution >= 4 is 11.8 Å². The predicted molar refractivity (Wildman–Crippen MR) is 70.0 cm³/mol. The fraction of sp³-hybridized carbons (Fsp3) is 0.385. The van der Waals surface area contributed by atoms with Gasteiger partial charge < -0.3 is 9.47 Å². The van der Waals surface area contributed by atoms with Gasteiger partial charge in [0.25, 0.3) is 0 Å². The molecular formula is C13H18N2O3. The van der Waals surface area contributed by atoms with Crippen LogP contribution in [0.2, 0.25) is 0 Å². The SMILES string of the molecule is CCOC(=O)N/N=C(/C)Cc1ccc(OC)cc1. The summed E-state index contributed by atoms with van der Waals surface area (Å²) in [6.07, 6.45) is 0.128. The first kappa shape index (κ1) is 14.0. The average molecular weight is 250 g/mol. The van der Waals surface area contributed by atoms with Gasteiger partial charge in [-0.1, -0.05) is 12.1 Å². The molecule has 1 aromatic rings. The molecule has 1 N–H and O–H groups in total. The Labute approximate surface area is 107 Å². The largest absolute Gasteiger partial charge is 0.497 e. The summed E-state index contributed by atoms with van der Waals surface area (Å²) >= 11 is 0. The highest BCUT2D eigenvalue weighted by molar-refractivity contribution is 5.85. The van der Waals surface area contributed by atoms with E-state index in [9.17, 15) is 4.79 Å². The fourth-order valence-corrected chi connectivity index (χ4v) is 1.38. The third-order valence-electron chi connectivity index (χ3n) is 2.23. The zero-order chi connectivity index (χ0) is 13.4. The van der Waals surface area contributed by atoms with Crippen molar-refractivity contribution in [1.29, 1.82) is 0 Å². The Kier molecular flexibility index (Phi) is 5.70. The Bertz CT molecular complexity index is 413. The zero-order valence-electron chi connectivity index (χ0n) is 10.9. The third-order valence-corrected chi connectivity index (χ3v) is 2.23.